The average molecular weight is 323 g/mol. The van der Waals surface area contributed by atoms with Crippen molar-refractivity contribution in [2.45, 2.75) is 64.3 Å². The van der Waals surface area contributed by atoms with Crippen LogP contribution < -0.4 is 0 Å². The second kappa shape index (κ2) is 8.08. The first-order valence-electron chi connectivity index (χ1n) is 8.20. The molecular formula is C16H25N3O4. The number of amides is 1. The first kappa shape index (κ1) is 17.4. The smallest absolute Gasteiger partial charge is 0.307 e. The fourth-order valence-electron chi connectivity index (χ4n) is 2.78. The monoisotopic (exact) mass is 323 g/mol. The maximum atomic E-state index is 12.5. The minimum absolute atomic E-state index is 0.0305. The number of ether oxygens (including phenoxy) is 1. The van der Waals surface area contributed by atoms with Crippen LogP contribution >= 0.6 is 0 Å². The summed E-state index contributed by atoms with van der Waals surface area (Å²) in [7, 11) is 1.37. The molecular weight excluding hydrogens is 298 g/mol. The second-order valence-corrected chi connectivity index (χ2v) is 6.22. The fraction of sp³-hybridized carbons (Fsp3) is 0.750. The van der Waals surface area contributed by atoms with Crippen LogP contribution in [-0.2, 0) is 20.7 Å². The molecule has 1 fully saturated rings. The van der Waals surface area contributed by atoms with Gasteiger partial charge in [0, 0.05) is 31.3 Å². The van der Waals surface area contributed by atoms with E-state index < -0.39 is 0 Å². The van der Waals surface area contributed by atoms with Crippen molar-refractivity contribution in [3.05, 3.63) is 11.7 Å². The summed E-state index contributed by atoms with van der Waals surface area (Å²) in [6, 6.07) is -0.0578. The van der Waals surface area contributed by atoms with E-state index in [4.69, 9.17) is 9.26 Å². The predicted octanol–water partition coefficient (Wildman–Crippen LogP) is 2.07. The van der Waals surface area contributed by atoms with Crippen LogP contribution in [-0.4, -0.2) is 46.6 Å². The zero-order valence-electron chi connectivity index (χ0n) is 14.1. The number of aryl methyl sites for hydroxylation is 1. The van der Waals surface area contributed by atoms with E-state index in [-0.39, 0.29) is 30.3 Å². The summed E-state index contributed by atoms with van der Waals surface area (Å²) in [5.41, 5.74) is 0. The predicted molar refractivity (Wildman–Crippen MR) is 82.7 cm³/mol. The van der Waals surface area contributed by atoms with E-state index in [0.29, 0.717) is 31.1 Å². The van der Waals surface area contributed by atoms with Gasteiger partial charge in [0.15, 0.2) is 5.82 Å². The van der Waals surface area contributed by atoms with E-state index in [2.05, 4.69) is 10.1 Å². The Kier molecular flexibility index (Phi) is 6.12. The van der Waals surface area contributed by atoms with E-state index in [1.54, 1.807) is 4.90 Å². The molecule has 0 radical (unpaired) electrons. The molecule has 0 bridgehead atoms. The van der Waals surface area contributed by atoms with Crippen LogP contribution in [0.25, 0.3) is 0 Å². The number of aromatic nitrogens is 2. The molecule has 1 atom stereocenters. The van der Waals surface area contributed by atoms with E-state index in [1.165, 1.54) is 7.11 Å². The molecule has 2 heterocycles. The SMILES string of the molecule is COC(=O)CC1CCCCN1C(=O)CCc1nc(C(C)C)no1. The highest BCUT2D eigenvalue weighted by Crippen LogP contribution is 2.21. The molecule has 128 valence electrons. The normalized spacial score (nSPS) is 18.3. The summed E-state index contributed by atoms with van der Waals surface area (Å²) in [5, 5.41) is 3.90. The fourth-order valence-corrected chi connectivity index (χ4v) is 2.78. The largest absolute Gasteiger partial charge is 0.469 e. The molecule has 1 aromatic rings. The molecule has 1 amide bonds. The number of likely N-dealkylation sites (tertiary alicyclic amines) is 1. The number of hydrogen-bond donors (Lipinski definition) is 0. The number of methoxy groups -OCH3 is 1. The Labute approximate surface area is 136 Å². The standard InChI is InChI=1S/C16H25N3O4/c1-11(2)16-17-13(23-18-16)7-8-14(20)19-9-5-4-6-12(19)10-15(21)22-3/h11-12H,4-10H2,1-3H3. The van der Waals surface area contributed by atoms with Crippen LogP contribution in [0.4, 0.5) is 0 Å². The lowest BCUT2D eigenvalue weighted by atomic mass is 9.98. The highest BCUT2D eigenvalue weighted by Gasteiger charge is 2.28. The maximum Gasteiger partial charge on any atom is 0.307 e. The number of hydrogen-bond acceptors (Lipinski definition) is 6. The number of piperidine rings is 1. The first-order valence-corrected chi connectivity index (χ1v) is 8.20. The third-order valence-electron chi connectivity index (χ3n) is 4.13. The van der Waals surface area contributed by atoms with Crippen LogP contribution in [0.15, 0.2) is 4.52 Å². The minimum Gasteiger partial charge on any atom is -0.469 e. The van der Waals surface area contributed by atoms with Gasteiger partial charge in [0.05, 0.1) is 13.5 Å². The molecule has 7 nitrogen and oxygen atoms in total. The number of carbonyl (C=O) groups is 2. The van der Waals surface area contributed by atoms with Crippen molar-refractivity contribution in [1.29, 1.82) is 0 Å². The Morgan fingerprint density at radius 3 is 2.83 bits per heavy atom. The topological polar surface area (TPSA) is 85.5 Å². The molecule has 23 heavy (non-hydrogen) atoms. The zero-order chi connectivity index (χ0) is 16.8. The molecule has 1 aromatic heterocycles. The Bertz CT molecular complexity index is 541. The Morgan fingerprint density at radius 2 is 2.17 bits per heavy atom. The van der Waals surface area contributed by atoms with Crippen molar-refractivity contribution in [3.8, 4) is 0 Å². The molecule has 7 heteroatoms. The summed E-state index contributed by atoms with van der Waals surface area (Å²) >= 11 is 0. The zero-order valence-corrected chi connectivity index (χ0v) is 14.1. The van der Waals surface area contributed by atoms with Gasteiger partial charge in [-0.3, -0.25) is 9.59 Å². The molecule has 1 aliphatic rings. The number of esters is 1. The molecule has 1 aliphatic heterocycles. The summed E-state index contributed by atoms with van der Waals surface area (Å²) in [6.07, 6.45) is 3.87. The summed E-state index contributed by atoms with van der Waals surface area (Å²) in [6.45, 7) is 4.68. The minimum atomic E-state index is -0.270. The van der Waals surface area contributed by atoms with Gasteiger partial charge < -0.3 is 14.2 Å². The van der Waals surface area contributed by atoms with E-state index in [9.17, 15) is 9.59 Å². The van der Waals surface area contributed by atoms with E-state index in [1.807, 2.05) is 13.8 Å². The van der Waals surface area contributed by atoms with Gasteiger partial charge >= 0.3 is 5.97 Å². The molecule has 0 aliphatic carbocycles. The Morgan fingerprint density at radius 1 is 1.39 bits per heavy atom. The average Bonchev–Trinajstić information content (AvgIpc) is 3.02. The van der Waals surface area contributed by atoms with Crippen molar-refractivity contribution in [1.82, 2.24) is 15.0 Å². The number of nitrogens with zero attached hydrogens (tertiary/aromatic N) is 3. The van der Waals surface area contributed by atoms with Gasteiger partial charge in [-0.1, -0.05) is 19.0 Å². The lowest BCUT2D eigenvalue weighted by Crippen LogP contribution is -2.45. The molecule has 1 unspecified atom stereocenters. The van der Waals surface area contributed by atoms with Crippen LogP contribution in [0.1, 0.15) is 63.6 Å². The van der Waals surface area contributed by atoms with Crippen LogP contribution in [0.5, 0.6) is 0 Å². The maximum absolute atomic E-state index is 12.5. The van der Waals surface area contributed by atoms with Crippen molar-refractivity contribution in [2.24, 2.45) is 0 Å². The third kappa shape index (κ3) is 4.77. The lowest BCUT2D eigenvalue weighted by Gasteiger charge is -2.35. The lowest BCUT2D eigenvalue weighted by molar-refractivity contribution is -0.144. The quantitative estimate of drug-likeness (QED) is 0.745. The number of rotatable bonds is 6. The van der Waals surface area contributed by atoms with Crippen molar-refractivity contribution in [3.63, 3.8) is 0 Å². The Hall–Kier alpha value is -1.92. The van der Waals surface area contributed by atoms with E-state index >= 15 is 0 Å². The molecule has 0 saturated carbocycles. The van der Waals surface area contributed by atoms with Crippen LogP contribution in [0.3, 0.4) is 0 Å². The summed E-state index contributed by atoms with van der Waals surface area (Å²) in [5.74, 6) is 1.11. The van der Waals surface area contributed by atoms with Crippen LogP contribution in [0.2, 0.25) is 0 Å². The second-order valence-electron chi connectivity index (χ2n) is 6.22. The van der Waals surface area contributed by atoms with Gasteiger partial charge in [-0.25, -0.2) is 0 Å². The van der Waals surface area contributed by atoms with Gasteiger partial charge in [0.1, 0.15) is 0 Å². The summed E-state index contributed by atoms with van der Waals surface area (Å²) < 4.78 is 9.89. The molecule has 1 saturated heterocycles. The highest BCUT2D eigenvalue weighted by atomic mass is 16.5. The van der Waals surface area contributed by atoms with Crippen LogP contribution in [0, 0.1) is 0 Å². The third-order valence-corrected chi connectivity index (χ3v) is 4.13. The highest BCUT2D eigenvalue weighted by molar-refractivity contribution is 5.78. The van der Waals surface area contributed by atoms with Crippen molar-refractivity contribution >= 4 is 11.9 Å². The molecule has 0 spiro atoms. The van der Waals surface area contributed by atoms with Gasteiger partial charge in [-0.15, -0.1) is 0 Å². The van der Waals surface area contributed by atoms with Crippen molar-refractivity contribution in [2.75, 3.05) is 13.7 Å². The Balaban J connectivity index is 1.90. The van der Waals surface area contributed by atoms with Gasteiger partial charge in [0.25, 0.3) is 0 Å². The van der Waals surface area contributed by atoms with Gasteiger partial charge in [-0.2, -0.15) is 4.98 Å². The summed E-state index contributed by atoms with van der Waals surface area (Å²) in [4.78, 5) is 30.1. The first-order chi connectivity index (χ1) is 11.0. The van der Waals surface area contributed by atoms with Gasteiger partial charge in [0.2, 0.25) is 11.8 Å². The van der Waals surface area contributed by atoms with E-state index in [0.717, 1.165) is 19.3 Å². The van der Waals surface area contributed by atoms with Crippen molar-refractivity contribution < 1.29 is 18.8 Å². The molecule has 2 rings (SSSR count). The number of carbonyl (C=O) groups excluding carboxylic acids is 2. The molecule has 0 aromatic carbocycles. The van der Waals surface area contributed by atoms with Gasteiger partial charge in [-0.05, 0) is 19.3 Å². The molecule has 0 N–H and O–H groups in total.